The van der Waals surface area contributed by atoms with E-state index in [1.54, 1.807) is 12.1 Å². The van der Waals surface area contributed by atoms with E-state index in [0.717, 1.165) is 16.7 Å². The van der Waals surface area contributed by atoms with Crippen LogP contribution in [-0.2, 0) is 14.3 Å². The van der Waals surface area contributed by atoms with Crippen LogP contribution >= 0.6 is 0 Å². The molecule has 0 saturated carbocycles. The van der Waals surface area contributed by atoms with Gasteiger partial charge in [0.15, 0.2) is 13.2 Å². The smallest absolute Gasteiger partial charge is 0.344 e. The van der Waals surface area contributed by atoms with Crippen molar-refractivity contribution in [2.24, 2.45) is 0 Å². The third kappa shape index (κ3) is 5.24. The van der Waals surface area contributed by atoms with E-state index in [0.29, 0.717) is 17.2 Å². The summed E-state index contributed by atoms with van der Waals surface area (Å²) in [6.45, 7) is 5.05. The molecule has 2 aromatic rings. The summed E-state index contributed by atoms with van der Waals surface area (Å²) < 4.78 is 15.7. The Bertz CT molecular complexity index is 781. The van der Waals surface area contributed by atoms with Crippen LogP contribution in [0.5, 0.6) is 11.5 Å². The average molecular weight is 357 g/mol. The Labute approximate surface area is 153 Å². The number of anilines is 1. The second-order valence-electron chi connectivity index (χ2n) is 5.92. The standard InChI is InChI=1S/C20H23NO5/c1-13-8-9-17(24-4)16(10-13)21-18(22)11-25-19(23)12-26-20-14(2)6-5-7-15(20)3/h5-10H,11-12H2,1-4H3,(H,21,22). The summed E-state index contributed by atoms with van der Waals surface area (Å²) in [5.41, 5.74) is 3.37. The second-order valence-corrected chi connectivity index (χ2v) is 5.92. The monoisotopic (exact) mass is 357 g/mol. The Morgan fingerprint density at radius 2 is 1.69 bits per heavy atom. The molecule has 6 heteroatoms. The number of esters is 1. The predicted octanol–water partition coefficient (Wildman–Crippen LogP) is 3.18. The van der Waals surface area contributed by atoms with Crippen LogP contribution in [0.2, 0.25) is 0 Å². The minimum Gasteiger partial charge on any atom is -0.495 e. The molecule has 1 amide bonds. The molecule has 2 rings (SSSR count). The van der Waals surface area contributed by atoms with Gasteiger partial charge in [-0.1, -0.05) is 24.3 Å². The number of methoxy groups -OCH3 is 1. The van der Waals surface area contributed by atoms with Gasteiger partial charge >= 0.3 is 5.97 Å². The zero-order chi connectivity index (χ0) is 19.1. The van der Waals surface area contributed by atoms with E-state index in [1.807, 2.05) is 45.0 Å². The molecular weight excluding hydrogens is 334 g/mol. The summed E-state index contributed by atoms with van der Waals surface area (Å²) >= 11 is 0. The number of benzene rings is 2. The van der Waals surface area contributed by atoms with Crippen LogP contribution in [-0.4, -0.2) is 32.2 Å². The quantitative estimate of drug-likeness (QED) is 0.771. The lowest BCUT2D eigenvalue weighted by Gasteiger charge is -2.12. The number of hydrogen-bond donors (Lipinski definition) is 1. The van der Waals surface area contributed by atoms with Gasteiger partial charge in [0, 0.05) is 0 Å². The van der Waals surface area contributed by atoms with Crippen LogP contribution in [0, 0.1) is 20.8 Å². The number of carbonyl (C=O) groups is 2. The summed E-state index contributed by atoms with van der Waals surface area (Å²) in [7, 11) is 1.52. The van der Waals surface area contributed by atoms with Crippen LogP contribution in [0.1, 0.15) is 16.7 Å². The van der Waals surface area contributed by atoms with Gasteiger partial charge in [-0.2, -0.15) is 0 Å². The van der Waals surface area contributed by atoms with Crippen LogP contribution in [0.4, 0.5) is 5.69 Å². The average Bonchev–Trinajstić information content (AvgIpc) is 2.60. The van der Waals surface area contributed by atoms with Crippen molar-refractivity contribution in [3.05, 3.63) is 53.1 Å². The van der Waals surface area contributed by atoms with Crippen molar-refractivity contribution in [1.82, 2.24) is 0 Å². The Morgan fingerprint density at radius 1 is 1.00 bits per heavy atom. The fourth-order valence-electron chi connectivity index (χ4n) is 2.45. The second kappa shape index (κ2) is 8.89. The molecule has 0 spiro atoms. The van der Waals surface area contributed by atoms with Crippen molar-refractivity contribution in [3.8, 4) is 11.5 Å². The van der Waals surface area contributed by atoms with E-state index < -0.39 is 18.5 Å². The first kappa shape index (κ1) is 19.3. The van der Waals surface area contributed by atoms with Gasteiger partial charge in [0.25, 0.3) is 5.91 Å². The fraction of sp³-hybridized carbons (Fsp3) is 0.300. The number of hydrogen-bond acceptors (Lipinski definition) is 5. The highest BCUT2D eigenvalue weighted by Gasteiger charge is 2.12. The molecule has 0 radical (unpaired) electrons. The highest BCUT2D eigenvalue weighted by atomic mass is 16.6. The Hall–Kier alpha value is -3.02. The Morgan fingerprint density at radius 3 is 2.35 bits per heavy atom. The first-order chi connectivity index (χ1) is 12.4. The zero-order valence-corrected chi connectivity index (χ0v) is 15.4. The van der Waals surface area contributed by atoms with Gasteiger partial charge in [-0.25, -0.2) is 4.79 Å². The van der Waals surface area contributed by atoms with Crippen molar-refractivity contribution >= 4 is 17.6 Å². The molecule has 0 aliphatic carbocycles. The number of para-hydroxylation sites is 1. The van der Waals surface area contributed by atoms with Gasteiger partial charge in [0.1, 0.15) is 11.5 Å². The largest absolute Gasteiger partial charge is 0.495 e. The van der Waals surface area contributed by atoms with Crippen molar-refractivity contribution in [3.63, 3.8) is 0 Å². The molecule has 0 heterocycles. The molecule has 26 heavy (non-hydrogen) atoms. The molecule has 0 aliphatic rings. The van der Waals surface area contributed by atoms with Crippen molar-refractivity contribution in [2.45, 2.75) is 20.8 Å². The molecule has 138 valence electrons. The van der Waals surface area contributed by atoms with E-state index in [-0.39, 0.29) is 6.61 Å². The summed E-state index contributed by atoms with van der Waals surface area (Å²) in [6.07, 6.45) is 0. The SMILES string of the molecule is COc1ccc(C)cc1NC(=O)COC(=O)COc1c(C)cccc1C. The predicted molar refractivity (Wildman–Crippen MR) is 98.7 cm³/mol. The topological polar surface area (TPSA) is 73.9 Å². The summed E-state index contributed by atoms with van der Waals surface area (Å²) in [6, 6.07) is 11.1. The van der Waals surface area contributed by atoms with Gasteiger partial charge in [-0.3, -0.25) is 4.79 Å². The number of aryl methyl sites for hydroxylation is 3. The molecule has 6 nitrogen and oxygen atoms in total. The van der Waals surface area contributed by atoms with Gasteiger partial charge in [0.05, 0.1) is 12.8 Å². The number of ether oxygens (including phenoxy) is 3. The first-order valence-electron chi connectivity index (χ1n) is 8.20. The summed E-state index contributed by atoms with van der Waals surface area (Å²) in [5.74, 6) is 0.125. The van der Waals surface area contributed by atoms with E-state index in [9.17, 15) is 9.59 Å². The Kier molecular flexibility index (Phi) is 6.60. The lowest BCUT2D eigenvalue weighted by molar-refractivity contribution is -0.149. The minimum atomic E-state index is -0.612. The third-order valence-electron chi connectivity index (χ3n) is 3.74. The van der Waals surface area contributed by atoms with Crippen LogP contribution < -0.4 is 14.8 Å². The van der Waals surface area contributed by atoms with Gasteiger partial charge in [-0.05, 0) is 49.6 Å². The van der Waals surface area contributed by atoms with Gasteiger partial charge in [-0.15, -0.1) is 0 Å². The molecule has 0 bridgehead atoms. The molecule has 0 saturated heterocycles. The van der Waals surface area contributed by atoms with Crippen molar-refractivity contribution in [1.29, 1.82) is 0 Å². The molecule has 0 unspecified atom stereocenters. The summed E-state index contributed by atoms with van der Waals surface area (Å²) in [5, 5.41) is 2.67. The molecule has 2 aromatic carbocycles. The highest BCUT2D eigenvalue weighted by molar-refractivity contribution is 5.94. The first-order valence-corrected chi connectivity index (χ1v) is 8.20. The fourth-order valence-corrected chi connectivity index (χ4v) is 2.45. The molecular formula is C20H23NO5. The van der Waals surface area contributed by atoms with E-state index in [1.165, 1.54) is 7.11 Å². The Balaban J connectivity index is 1.84. The zero-order valence-electron chi connectivity index (χ0n) is 15.4. The normalized spacial score (nSPS) is 10.2. The lowest BCUT2D eigenvalue weighted by atomic mass is 10.1. The van der Waals surface area contributed by atoms with E-state index in [4.69, 9.17) is 14.2 Å². The minimum absolute atomic E-state index is 0.257. The van der Waals surface area contributed by atoms with Gasteiger partial charge < -0.3 is 19.5 Å². The molecule has 0 aromatic heterocycles. The maximum absolute atomic E-state index is 12.0. The van der Waals surface area contributed by atoms with Crippen molar-refractivity contribution in [2.75, 3.05) is 25.6 Å². The van der Waals surface area contributed by atoms with E-state index >= 15 is 0 Å². The molecule has 0 atom stereocenters. The van der Waals surface area contributed by atoms with Crippen LogP contribution in [0.25, 0.3) is 0 Å². The number of nitrogens with one attached hydrogen (secondary N) is 1. The van der Waals surface area contributed by atoms with Crippen LogP contribution in [0.15, 0.2) is 36.4 Å². The van der Waals surface area contributed by atoms with Crippen molar-refractivity contribution < 1.29 is 23.8 Å². The summed E-state index contributed by atoms with van der Waals surface area (Å²) in [4.78, 5) is 23.8. The van der Waals surface area contributed by atoms with Gasteiger partial charge in [0.2, 0.25) is 0 Å². The molecule has 0 aliphatic heterocycles. The lowest BCUT2D eigenvalue weighted by Crippen LogP contribution is -2.24. The molecule has 1 N–H and O–H groups in total. The molecule has 0 fully saturated rings. The number of amides is 1. The third-order valence-corrected chi connectivity index (χ3v) is 3.74. The number of rotatable bonds is 7. The maximum Gasteiger partial charge on any atom is 0.344 e. The maximum atomic E-state index is 12.0. The number of carbonyl (C=O) groups excluding carboxylic acids is 2. The van der Waals surface area contributed by atoms with Crippen LogP contribution in [0.3, 0.4) is 0 Å². The van der Waals surface area contributed by atoms with E-state index in [2.05, 4.69) is 5.32 Å². The highest BCUT2D eigenvalue weighted by Crippen LogP contribution is 2.25.